The van der Waals surface area contributed by atoms with Crippen LogP contribution < -0.4 is 4.90 Å². The van der Waals surface area contributed by atoms with Crippen molar-refractivity contribution in [2.45, 2.75) is 0 Å². The summed E-state index contributed by atoms with van der Waals surface area (Å²) in [4.78, 5) is 2.43. The van der Waals surface area contributed by atoms with Crippen LogP contribution in [0.5, 0.6) is 0 Å². The van der Waals surface area contributed by atoms with E-state index in [1.54, 1.807) is 0 Å². The summed E-state index contributed by atoms with van der Waals surface area (Å²) >= 11 is 1.90. The third-order valence-electron chi connectivity index (χ3n) is 12.7. The highest BCUT2D eigenvalue weighted by Gasteiger charge is 2.21. The van der Waals surface area contributed by atoms with Crippen LogP contribution in [0, 0.1) is 0 Å². The second-order valence-corrected chi connectivity index (χ2v) is 17.2. The topological polar surface area (TPSA) is 13.1 Å². The lowest BCUT2D eigenvalue weighted by Crippen LogP contribution is -2.10. The number of hydrogen-bond donors (Lipinski definition) is 0. The first-order valence-corrected chi connectivity index (χ1v) is 22.0. The molecule has 13 rings (SSSR count). The molecule has 10 aromatic carbocycles. The second-order valence-electron chi connectivity index (χ2n) is 16.1. The molecule has 3 aromatic heterocycles. The Morgan fingerprint density at radius 1 is 0.339 bits per heavy atom. The third kappa shape index (κ3) is 5.30. The summed E-state index contributed by atoms with van der Waals surface area (Å²) in [5.74, 6) is 0. The maximum absolute atomic E-state index is 2.43. The Hall–Kier alpha value is -7.92. The number of hydrogen-bond acceptors (Lipinski definition) is 2. The number of fused-ring (bicyclic) bond motifs is 11. The van der Waals surface area contributed by atoms with Gasteiger partial charge in [-0.05, 0) is 108 Å². The van der Waals surface area contributed by atoms with Crippen LogP contribution in [0.3, 0.4) is 0 Å². The molecule has 0 N–H and O–H groups in total. The molecule has 290 valence electrons. The van der Waals surface area contributed by atoms with E-state index in [1.807, 2.05) is 11.3 Å². The first kappa shape index (κ1) is 34.9. The van der Waals surface area contributed by atoms with Gasteiger partial charge in [-0.1, -0.05) is 133 Å². The van der Waals surface area contributed by atoms with Gasteiger partial charge in [0.25, 0.3) is 0 Å². The fourth-order valence-corrected chi connectivity index (χ4v) is 11.2. The van der Waals surface area contributed by atoms with Gasteiger partial charge < -0.3 is 14.0 Å². The zero-order valence-corrected chi connectivity index (χ0v) is 34.4. The molecule has 0 saturated heterocycles. The van der Waals surface area contributed by atoms with Gasteiger partial charge in [0.1, 0.15) is 0 Å². The largest absolute Gasteiger partial charge is 0.310 e. The minimum absolute atomic E-state index is 1.10. The van der Waals surface area contributed by atoms with Crippen molar-refractivity contribution in [3.05, 3.63) is 224 Å². The van der Waals surface area contributed by atoms with E-state index in [-0.39, 0.29) is 0 Å². The first-order valence-electron chi connectivity index (χ1n) is 21.2. The Labute approximate surface area is 362 Å². The van der Waals surface area contributed by atoms with Crippen molar-refractivity contribution in [1.82, 2.24) is 9.13 Å². The van der Waals surface area contributed by atoms with Crippen molar-refractivity contribution < 1.29 is 0 Å². The highest BCUT2D eigenvalue weighted by molar-refractivity contribution is 7.26. The summed E-state index contributed by atoms with van der Waals surface area (Å²) in [6, 6.07) is 82.1. The molecule has 0 saturated carbocycles. The molecule has 13 aromatic rings. The number of thiophene rings is 1. The molecular formula is C58H37N3S. The monoisotopic (exact) mass is 807 g/mol. The SMILES string of the molecule is c1ccc(-n2c3ccccc3c3cc(N(c4ccc(-c5ccc6c(c5)c5c7sc8ccccc8c7ccc5n6-c5ccccc5)cc4)c4cccc5ccccc45)ccc32)cc1. The van der Waals surface area contributed by atoms with Crippen LogP contribution in [-0.4, -0.2) is 9.13 Å². The van der Waals surface area contributed by atoms with Crippen molar-refractivity contribution in [2.75, 3.05) is 4.90 Å². The van der Waals surface area contributed by atoms with Crippen molar-refractivity contribution in [3.8, 4) is 22.5 Å². The van der Waals surface area contributed by atoms with Gasteiger partial charge >= 0.3 is 0 Å². The number of rotatable bonds is 6. The zero-order valence-electron chi connectivity index (χ0n) is 33.6. The molecule has 0 spiro atoms. The average molecular weight is 808 g/mol. The lowest BCUT2D eigenvalue weighted by Gasteiger charge is -2.27. The molecule has 0 radical (unpaired) electrons. The Morgan fingerprint density at radius 3 is 1.73 bits per heavy atom. The van der Waals surface area contributed by atoms with Crippen LogP contribution in [0.4, 0.5) is 17.1 Å². The summed E-state index contributed by atoms with van der Waals surface area (Å²) in [5.41, 5.74) is 12.9. The second kappa shape index (κ2) is 13.8. The van der Waals surface area contributed by atoms with Crippen LogP contribution in [0.25, 0.3) is 97.1 Å². The Kier molecular flexibility index (Phi) is 7.78. The standard InChI is InChI=1S/C58H37N3S/c1-3-16-41(17-4-1)60-52-23-11-9-21-46(52)49-37-44(31-34-53(49)60)59(51-24-13-15-39-14-7-8-20-45(39)51)43-29-26-38(27-30-43)40-28-33-54-50(36-40)57-55(61(54)42-18-5-2-6-19-42)35-32-48-47-22-10-12-25-56(47)62-58(48)57/h1-37H. The molecular weight excluding hydrogens is 771 g/mol. The van der Waals surface area contributed by atoms with Gasteiger partial charge in [-0.2, -0.15) is 0 Å². The molecule has 0 unspecified atom stereocenters. The van der Waals surface area contributed by atoms with E-state index in [4.69, 9.17) is 0 Å². The summed E-state index contributed by atoms with van der Waals surface area (Å²) in [7, 11) is 0. The predicted octanol–water partition coefficient (Wildman–Crippen LogP) is 16.5. The molecule has 0 fully saturated rings. The summed E-state index contributed by atoms with van der Waals surface area (Å²) < 4.78 is 7.47. The molecule has 0 bridgehead atoms. The van der Waals surface area contributed by atoms with Crippen LogP contribution in [-0.2, 0) is 0 Å². The minimum Gasteiger partial charge on any atom is -0.310 e. The quantitative estimate of drug-likeness (QED) is 0.163. The highest BCUT2D eigenvalue weighted by Crippen LogP contribution is 2.46. The number of anilines is 3. The molecule has 0 aliphatic heterocycles. The van der Waals surface area contributed by atoms with Crippen LogP contribution >= 0.6 is 11.3 Å². The maximum atomic E-state index is 2.43. The van der Waals surface area contributed by atoms with E-state index in [0.717, 1.165) is 22.7 Å². The Morgan fingerprint density at radius 2 is 0.919 bits per heavy atom. The fourth-order valence-electron chi connectivity index (χ4n) is 9.91. The van der Waals surface area contributed by atoms with Crippen molar-refractivity contribution in [2.24, 2.45) is 0 Å². The lowest BCUT2D eigenvalue weighted by molar-refractivity contribution is 1.18. The number of aromatic nitrogens is 2. The summed E-state index contributed by atoms with van der Waals surface area (Å²) in [5, 5.41) is 10.1. The van der Waals surface area contributed by atoms with Crippen LogP contribution in [0.2, 0.25) is 0 Å². The Bertz CT molecular complexity index is 3850. The molecule has 0 aliphatic carbocycles. The van der Waals surface area contributed by atoms with Gasteiger partial charge in [-0.3, -0.25) is 0 Å². The molecule has 0 amide bonds. The Balaban J connectivity index is 0.987. The number of para-hydroxylation sites is 3. The predicted molar refractivity (Wildman–Crippen MR) is 266 cm³/mol. The van der Waals surface area contributed by atoms with Gasteiger partial charge in [-0.15, -0.1) is 11.3 Å². The van der Waals surface area contributed by atoms with Gasteiger partial charge in [0.05, 0.1) is 27.8 Å². The van der Waals surface area contributed by atoms with Gasteiger partial charge in [0.2, 0.25) is 0 Å². The minimum atomic E-state index is 1.10. The van der Waals surface area contributed by atoms with E-state index in [2.05, 4.69) is 238 Å². The number of benzene rings is 10. The normalized spacial score (nSPS) is 11.9. The van der Waals surface area contributed by atoms with E-state index in [9.17, 15) is 0 Å². The third-order valence-corrected chi connectivity index (χ3v) is 13.9. The average Bonchev–Trinajstić information content (AvgIpc) is 4.00. The molecule has 3 nitrogen and oxygen atoms in total. The van der Waals surface area contributed by atoms with E-state index in [1.165, 1.54) is 91.4 Å². The van der Waals surface area contributed by atoms with Crippen molar-refractivity contribution in [3.63, 3.8) is 0 Å². The molecule has 62 heavy (non-hydrogen) atoms. The highest BCUT2D eigenvalue weighted by atomic mass is 32.1. The molecule has 0 aliphatic rings. The van der Waals surface area contributed by atoms with Crippen LogP contribution in [0.15, 0.2) is 224 Å². The van der Waals surface area contributed by atoms with Gasteiger partial charge in [-0.25, -0.2) is 0 Å². The lowest BCUT2D eigenvalue weighted by atomic mass is 10.0. The van der Waals surface area contributed by atoms with E-state index >= 15 is 0 Å². The van der Waals surface area contributed by atoms with Crippen molar-refractivity contribution >= 4 is 103 Å². The van der Waals surface area contributed by atoms with Crippen molar-refractivity contribution in [1.29, 1.82) is 0 Å². The van der Waals surface area contributed by atoms with Crippen LogP contribution in [0.1, 0.15) is 0 Å². The van der Waals surface area contributed by atoms with Gasteiger partial charge in [0, 0.05) is 69.9 Å². The summed E-state index contributed by atoms with van der Waals surface area (Å²) in [6.07, 6.45) is 0. The summed E-state index contributed by atoms with van der Waals surface area (Å²) in [6.45, 7) is 0. The first-order chi connectivity index (χ1) is 30.8. The van der Waals surface area contributed by atoms with E-state index < -0.39 is 0 Å². The molecule has 3 heterocycles. The smallest absolute Gasteiger partial charge is 0.0555 e. The zero-order chi connectivity index (χ0) is 40.7. The van der Waals surface area contributed by atoms with Gasteiger partial charge in [0.15, 0.2) is 0 Å². The maximum Gasteiger partial charge on any atom is 0.0555 e. The van der Waals surface area contributed by atoms with E-state index in [0.29, 0.717) is 0 Å². The molecule has 0 atom stereocenters. The molecule has 4 heteroatoms. The fraction of sp³-hybridized carbons (Fsp3) is 0. The number of nitrogens with zero attached hydrogens (tertiary/aromatic N) is 3.